The van der Waals surface area contributed by atoms with Crippen molar-refractivity contribution in [1.29, 1.82) is 0 Å². The molecule has 1 amide bonds. The van der Waals surface area contributed by atoms with E-state index in [4.69, 9.17) is 4.74 Å². The Balaban J connectivity index is 1.42. The smallest absolute Gasteiger partial charge is 0.326 e. The molecule has 2 aromatic carbocycles. The minimum Gasteiger partial charge on any atom is -0.491 e. The summed E-state index contributed by atoms with van der Waals surface area (Å²) in [4.78, 5) is 35.6. The number of nitrogens with zero attached hydrogens (tertiary/aromatic N) is 3. The first-order chi connectivity index (χ1) is 15.4. The van der Waals surface area contributed by atoms with Crippen molar-refractivity contribution in [2.75, 3.05) is 20.2 Å². The number of benzene rings is 2. The fourth-order valence-corrected chi connectivity index (χ4v) is 4.42. The van der Waals surface area contributed by atoms with E-state index in [0.717, 1.165) is 39.3 Å². The van der Waals surface area contributed by atoms with Crippen LogP contribution < -0.4 is 4.74 Å². The van der Waals surface area contributed by atoms with E-state index in [1.54, 1.807) is 22.9 Å². The first-order valence-corrected chi connectivity index (χ1v) is 10.6. The number of aromatic amines is 1. The Bertz CT molecular complexity index is 1260. The van der Waals surface area contributed by atoms with Crippen LogP contribution in [0, 0.1) is 6.92 Å². The molecule has 0 saturated heterocycles. The largest absolute Gasteiger partial charge is 0.491 e. The van der Waals surface area contributed by atoms with Crippen LogP contribution in [-0.4, -0.2) is 63.0 Å². The minimum absolute atomic E-state index is 0.174. The molecule has 3 heterocycles. The van der Waals surface area contributed by atoms with Gasteiger partial charge in [0.05, 0.1) is 23.3 Å². The van der Waals surface area contributed by atoms with Crippen molar-refractivity contribution >= 4 is 22.9 Å². The average Bonchev–Trinajstić information content (AvgIpc) is 3.26. The normalized spacial score (nSPS) is 18.2. The van der Waals surface area contributed by atoms with Crippen LogP contribution in [-0.2, 0) is 16.1 Å². The maximum absolute atomic E-state index is 13.2. The number of H-pyrrole nitrogens is 1. The molecule has 1 unspecified atom stereocenters. The monoisotopic (exact) mass is 432 g/mol. The molecule has 2 N–H and O–H groups in total. The fraction of sp³-hybridized carbons (Fsp3) is 0.292. The number of aryl methyl sites for hydroxylation is 1. The second kappa shape index (κ2) is 7.71. The highest BCUT2D eigenvalue weighted by Crippen LogP contribution is 2.31. The molecule has 2 aliphatic heterocycles. The van der Waals surface area contributed by atoms with Gasteiger partial charge < -0.3 is 24.6 Å². The number of carbonyl (C=O) groups is 2. The molecular formula is C24H24N4O4. The number of amides is 1. The topological polar surface area (TPSA) is 98.8 Å². The SMILES string of the molecule is Cc1nc2ccc(-c3ccc4c(c3)CN(C(=O)C3=CCC(C(=O)O)N3C)CCO4)cc2[nH]1. The van der Waals surface area contributed by atoms with Crippen LogP contribution >= 0.6 is 0 Å². The molecule has 1 aromatic heterocycles. The first kappa shape index (κ1) is 20.1. The zero-order valence-electron chi connectivity index (χ0n) is 18.0. The molecule has 8 heteroatoms. The van der Waals surface area contributed by atoms with Gasteiger partial charge in [-0.15, -0.1) is 0 Å². The number of hydrogen-bond acceptors (Lipinski definition) is 5. The van der Waals surface area contributed by atoms with Gasteiger partial charge in [-0.2, -0.15) is 0 Å². The quantitative estimate of drug-likeness (QED) is 0.660. The fourth-order valence-electron chi connectivity index (χ4n) is 4.42. The van der Waals surface area contributed by atoms with E-state index >= 15 is 0 Å². The first-order valence-electron chi connectivity index (χ1n) is 10.6. The number of nitrogens with one attached hydrogen (secondary N) is 1. The van der Waals surface area contributed by atoms with Gasteiger partial charge in [0.15, 0.2) is 0 Å². The lowest BCUT2D eigenvalue weighted by Gasteiger charge is -2.26. The summed E-state index contributed by atoms with van der Waals surface area (Å²) in [7, 11) is 1.66. The number of aromatic nitrogens is 2. The van der Waals surface area contributed by atoms with E-state index in [9.17, 15) is 14.7 Å². The Morgan fingerprint density at radius 1 is 1.19 bits per heavy atom. The maximum atomic E-state index is 13.2. The molecule has 5 rings (SSSR count). The minimum atomic E-state index is -0.926. The highest BCUT2D eigenvalue weighted by Gasteiger charge is 2.34. The van der Waals surface area contributed by atoms with Crippen LogP contribution in [0.1, 0.15) is 17.8 Å². The highest BCUT2D eigenvalue weighted by molar-refractivity contribution is 5.95. The Hall–Kier alpha value is -3.81. The molecule has 8 nitrogen and oxygen atoms in total. The van der Waals surface area contributed by atoms with Crippen LogP contribution in [0.15, 0.2) is 48.2 Å². The number of carboxylic acid groups (broad SMARTS) is 1. The number of carboxylic acids is 1. The van der Waals surface area contributed by atoms with Crippen molar-refractivity contribution in [3.8, 4) is 16.9 Å². The lowest BCUT2D eigenvalue weighted by atomic mass is 10.0. The molecular weight excluding hydrogens is 408 g/mol. The van der Waals surface area contributed by atoms with Crippen LogP contribution in [0.2, 0.25) is 0 Å². The van der Waals surface area contributed by atoms with E-state index in [-0.39, 0.29) is 5.91 Å². The number of carbonyl (C=O) groups excluding carboxylic acids is 1. The van der Waals surface area contributed by atoms with Crippen LogP contribution in [0.25, 0.3) is 22.2 Å². The number of ether oxygens (including phenoxy) is 1. The third-order valence-corrected chi connectivity index (χ3v) is 6.15. The standard InChI is InChI=1S/C24H24N4O4/c1-14-25-18-5-3-16(12-19(18)26-14)15-4-8-22-17(11-15)13-28(9-10-32-22)23(29)20-6-7-21(24(30)31)27(20)2/h3-6,8,11-12,21H,7,9-10,13H2,1-2H3,(H,25,26)(H,30,31). The van der Waals surface area contributed by atoms with Crippen LogP contribution in [0.4, 0.5) is 0 Å². The summed E-state index contributed by atoms with van der Waals surface area (Å²) in [6, 6.07) is 11.4. The summed E-state index contributed by atoms with van der Waals surface area (Å²) >= 11 is 0. The number of aliphatic carboxylic acids is 1. The molecule has 164 valence electrons. The van der Waals surface area contributed by atoms with Gasteiger partial charge in [0, 0.05) is 19.2 Å². The van der Waals surface area contributed by atoms with Gasteiger partial charge in [0.2, 0.25) is 0 Å². The van der Waals surface area contributed by atoms with E-state index in [1.807, 2.05) is 31.2 Å². The van der Waals surface area contributed by atoms with E-state index in [0.29, 0.717) is 31.8 Å². The number of imidazole rings is 1. The molecule has 32 heavy (non-hydrogen) atoms. The van der Waals surface area contributed by atoms with Crippen molar-refractivity contribution in [1.82, 2.24) is 19.8 Å². The van der Waals surface area contributed by atoms with Crippen LogP contribution in [0.5, 0.6) is 5.75 Å². The Kier molecular flexibility index (Phi) is 4.84. The van der Waals surface area contributed by atoms with Gasteiger partial charge in [-0.05, 0) is 48.7 Å². The predicted octanol–water partition coefficient (Wildman–Crippen LogP) is 2.93. The Morgan fingerprint density at radius 3 is 2.75 bits per heavy atom. The number of hydrogen-bond donors (Lipinski definition) is 2. The Labute approximate surface area is 185 Å². The number of fused-ring (bicyclic) bond motifs is 2. The molecule has 0 bridgehead atoms. The molecule has 0 aliphatic carbocycles. The van der Waals surface area contributed by atoms with Crippen molar-refractivity contribution in [2.24, 2.45) is 0 Å². The van der Waals surface area contributed by atoms with Gasteiger partial charge in [-0.25, -0.2) is 9.78 Å². The molecule has 0 radical (unpaired) electrons. The molecule has 3 aromatic rings. The third kappa shape index (κ3) is 3.47. The van der Waals surface area contributed by atoms with Gasteiger partial charge in [-0.1, -0.05) is 18.2 Å². The molecule has 1 atom stereocenters. The van der Waals surface area contributed by atoms with Crippen molar-refractivity contribution in [3.05, 3.63) is 59.6 Å². The third-order valence-electron chi connectivity index (χ3n) is 6.15. The van der Waals surface area contributed by atoms with E-state index in [1.165, 1.54) is 0 Å². The van der Waals surface area contributed by atoms with E-state index < -0.39 is 12.0 Å². The van der Waals surface area contributed by atoms with Crippen molar-refractivity contribution < 1.29 is 19.4 Å². The maximum Gasteiger partial charge on any atom is 0.326 e. The molecule has 0 fully saturated rings. The summed E-state index contributed by atoms with van der Waals surface area (Å²) < 4.78 is 5.90. The lowest BCUT2D eigenvalue weighted by Crippen LogP contribution is -2.41. The second-order valence-corrected chi connectivity index (χ2v) is 8.24. The Morgan fingerprint density at radius 2 is 1.97 bits per heavy atom. The van der Waals surface area contributed by atoms with Gasteiger partial charge >= 0.3 is 5.97 Å². The van der Waals surface area contributed by atoms with E-state index in [2.05, 4.69) is 22.1 Å². The lowest BCUT2D eigenvalue weighted by molar-refractivity contribution is -0.141. The molecule has 0 spiro atoms. The summed E-state index contributed by atoms with van der Waals surface area (Å²) in [5, 5.41) is 9.35. The molecule has 2 aliphatic rings. The second-order valence-electron chi connectivity index (χ2n) is 8.24. The zero-order chi connectivity index (χ0) is 22.4. The van der Waals surface area contributed by atoms with Gasteiger partial charge in [-0.3, -0.25) is 4.79 Å². The van der Waals surface area contributed by atoms with Gasteiger partial charge in [0.1, 0.15) is 24.2 Å². The average molecular weight is 432 g/mol. The van der Waals surface area contributed by atoms with Gasteiger partial charge in [0.25, 0.3) is 5.91 Å². The predicted molar refractivity (Wildman–Crippen MR) is 119 cm³/mol. The number of likely N-dealkylation sites (N-methyl/N-ethyl adjacent to an activating group) is 1. The highest BCUT2D eigenvalue weighted by atomic mass is 16.5. The summed E-state index contributed by atoms with van der Waals surface area (Å²) in [6.45, 7) is 3.15. The van der Waals surface area contributed by atoms with Crippen molar-refractivity contribution in [3.63, 3.8) is 0 Å². The van der Waals surface area contributed by atoms with Crippen molar-refractivity contribution in [2.45, 2.75) is 25.9 Å². The van der Waals surface area contributed by atoms with Crippen LogP contribution in [0.3, 0.4) is 0 Å². The summed E-state index contributed by atoms with van der Waals surface area (Å²) in [6.07, 6.45) is 2.04. The summed E-state index contributed by atoms with van der Waals surface area (Å²) in [5.41, 5.74) is 5.33. The summed E-state index contributed by atoms with van der Waals surface area (Å²) in [5.74, 6) is 0.537. The number of rotatable bonds is 3. The molecule has 0 saturated carbocycles. The zero-order valence-corrected chi connectivity index (χ0v) is 18.0.